The lowest BCUT2D eigenvalue weighted by molar-refractivity contribution is 0.0648. The minimum Gasteiger partial charge on any atom is -0.334 e. The van der Waals surface area contributed by atoms with Gasteiger partial charge < -0.3 is 4.90 Å². The van der Waals surface area contributed by atoms with E-state index in [2.05, 4.69) is 44.5 Å². The molecule has 1 aliphatic carbocycles. The monoisotopic (exact) mass is 394 g/mol. The first kappa shape index (κ1) is 17.5. The van der Waals surface area contributed by atoms with E-state index in [4.69, 9.17) is 0 Å². The topological polar surface area (TPSA) is 66.6 Å². The Kier molecular flexibility index (Phi) is 4.66. The van der Waals surface area contributed by atoms with E-state index < -0.39 is 0 Å². The highest BCUT2D eigenvalue weighted by Crippen LogP contribution is 2.39. The van der Waals surface area contributed by atoms with Crippen molar-refractivity contribution >= 4 is 28.3 Å². The highest BCUT2D eigenvalue weighted by Gasteiger charge is 2.31. The molecule has 1 saturated carbocycles. The third kappa shape index (κ3) is 3.57. The van der Waals surface area contributed by atoms with Gasteiger partial charge in [-0.05, 0) is 18.4 Å². The number of piperazine rings is 1. The van der Waals surface area contributed by atoms with Crippen LogP contribution in [0, 0.1) is 0 Å². The van der Waals surface area contributed by atoms with E-state index in [0.717, 1.165) is 56.4 Å². The number of carbonyl (C=O) groups excluding carboxylic acids is 1. The van der Waals surface area contributed by atoms with Gasteiger partial charge in [0, 0.05) is 38.6 Å². The van der Waals surface area contributed by atoms with Crippen molar-refractivity contribution in [2.75, 3.05) is 32.7 Å². The molecule has 7 nitrogen and oxygen atoms in total. The van der Waals surface area contributed by atoms with Gasteiger partial charge in [0.05, 0.1) is 0 Å². The smallest absolute Gasteiger partial charge is 0.284 e. The highest BCUT2D eigenvalue weighted by atomic mass is 32.1. The van der Waals surface area contributed by atoms with Crippen LogP contribution in [0.25, 0.3) is 11.0 Å². The second-order valence-corrected chi connectivity index (χ2v) is 8.30. The Bertz CT molecular complexity index is 998. The number of fused-ring (bicyclic) bond motifs is 1. The third-order valence-electron chi connectivity index (χ3n) is 5.27. The molecule has 5 rings (SSSR count). The van der Waals surface area contributed by atoms with Crippen molar-refractivity contribution in [3.05, 3.63) is 52.8 Å². The van der Waals surface area contributed by atoms with Gasteiger partial charge in [0.1, 0.15) is 0 Å². The minimum atomic E-state index is 0.0109. The molecular weight excluding hydrogens is 372 g/mol. The molecule has 3 heterocycles. The summed E-state index contributed by atoms with van der Waals surface area (Å²) in [6.07, 6.45) is 6.62. The van der Waals surface area contributed by atoms with Crippen molar-refractivity contribution in [2.24, 2.45) is 0 Å². The molecule has 1 saturated heterocycles. The largest absolute Gasteiger partial charge is 0.334 e. The normalized spacial score (nSPS) is 18.4. The van der Waals surface area contributed by atoms with Crippen LogP contribution in [0.3, 0.4) is 0 Å². The fourth-order valence-electron chi connectivity index (χ4n) is 3.49. The van der Waals surface area contributed by atoms with Gasteiger partial charge in [0.15, 0.2) is 5.82 Å². The first-order valence-electron chi connectivity index (χ1n) is 9.73. The van der Waals surface area contributed by atoms with E-state index in [1.54, 1.807) is 4.52 Å². The molecule has 0 bridgehead atoms. The number of amides is 1. The van der Waals surface area contributed by atoms with E-state index in [-0.39, 0.29) is 5.91 Å². The molecular formula is C20H22N6OS. The molecule has 1 aromatic carbocycles. The van der Waals surface area contributed by atoms with Crippen molar-refractivity contribution in [1.82, 2.24) is 29.6 Å². The zero-order valence-corrected chi connectivity index (χ0v) is 16.4. The molecule has 1 aliphatic heterocycles. The zero-order valence-electron chi connectivity index (χ0n) is 15.6. The maximum Gasteiger partial charge on any atom is 0.284 e. The summed E-state index contributed by atoms with van der Waals surface area (Å²) in [5, 5.41) is 13.4. The van der Waals surface area contributed by atoms with E-state index >= 15 is 0 Å². The maximum absolute atomic E-state index is 12.8. The molecule has 28 heavy (non-hydrogen) atoms. The summed E-state index contributed by atoms with van der Waals surface area (Å²) in [7, 11) is 0. The maximum atomic E-state index is 12.8. The van der Waals surface area contributed by atoms with E-state index in [9.17, 15) is 4.79 Å². The summed E-state index contributed by atoms with van der Waals surface area (Å²) in [5.41, 5.74) is 1.21. The Morgan fingerprint density at radius 1 is 1.11 bits per heavy atom. The molecule has 0 N–H and O–H groups in total. The summed E-state index contributed by atoms with van der Waals surface area (Å²) >= 11 is 1.34. The standard InChI is InChI=1S/C20H22N6OS/c27-19(18-23-26-17(16-8-9-16)21-22-20(26)28-18)25-13-11-24(12-14-25)10-4-7-15-5-2-1-3-6-15/h1-7,16H,8-14H2/b7-4+. The van der Waals surface area contributed by atoms with E-state index in [1.807, 2.05) is 23.1 Å². The summed E-state index contributed by atoms with van der Waals surface area (Å²) in [6, 6.07) is 10.3. The van der Waals surface area contributed by atoms with Gasteiger partial charge in [-0.2, -0.15) is 4.52 Å². The molecule has 0 radical (unpaired) electrons. The SMILES string of the molecule is O=C(c1nn2c(C3CC3)nnc2s1)N1CCN(C/C=C/c2ccccc2)CC1. The number of hydrogen-bond donors (Lipinski definition) is 0. The van der Waals surface area contributed by atoms with Gasteiger partial charge in [-0.1, -0.05) is 53.8 Å². The molecule has 3 aromatic rings. The van der Waals surface area contributed by atoms with Crippen LogP contribution in [0.4, 0.5) is 0 Å². The number of aromatic nitrogens is 4. The third-order valence-corrected chi connectivity index (χ3v) is 6.16. The predicted molar refractivity (Wildman–Crippen MR) is 108 cm³/mol. The Morgan fingerprint density at radius 2 is 1.89 bits per heavy atom. The summed E-state index contributed by atoms with van der Waals surface area (Å²) in [5.74, 6) is 1.38. The highest BCUT2D eigenvalue weighted by molar-refractivity contribution is 7.18. The van der Waals surface area contributed by atoms with Crippen LogP contribution in [0.2, 0.25) is 0 Å². The van der Waals surface area contributed by atoms with Crippen LogP contribution in [0.5, 0.6) is 0 Å². The van der Waals surface area contributed by atoms with E-state index in [0.29, 0.717) is 10.9 Å². The van der Waals surface area contributed by atoms with Crippen molar-refractivity contribution in [1.29, 1.82) is 0 Å². The molecule has 8 heteroatoms. The van der Waals surface area contributed by atoms with Crippen LogP contribution in [-0.4, -0.2) is 68.2 Å². The van der Waals surface area contributed by atoms with Gasteiger partial charge in [-0.3, -0.25) is 9.69 Å². The van der Waals surface area contributed by atoms with Gasteiger partial charge >= 0.3 is 0 Å². The van der Waals surface area contributed by atoms with E-state index in [1.165, 1.54) is 16.9 Å². The summed E-state index contributed by atoms with van der Waals surface area (Å²) < 4.78 is 1.76. The Hall–Kier alpha value is -2.58. The van der Waals surface area contributed by atoms with Gasteiger partial charge in [-0.25, -0.2) is 0 Å². The second-order valence-electron chi connectivity index (χ2n) is 7.34. The van der Waals surface area contributed by atoms with Gasteiger partial charge in [-0.15, -0.1) is 15.3 Å². The quantitative estimate of drug-likeness (QED) is 0.665. The lowest BCUT2D eigenvalue weighted by Crippen LogP contribution is -2.48. The fourth-order valence-corrected chi connectivity index (χ4v) is 4.30. The lowest BCUT2D eigenvalue weighted by atomic mass is 10.2. The van der Waals surface area contributed by atoms with Crippen molar-refractivity contribution in [2.45, 2.75) is 18.8 Å². The van der Waals surface area contributed by atoms with Crippen molar-refractivity contribution in [3.8, 4) is 0 Å². The summed E-state index contributed by atoms with van der Waals surface area (Å²) in [6.45, 7) is 4.12. The van der Waals surface area contributed by atoms with Crippen molar-refractivity contribution in [3.63, 3.8) is 0 Å². The number of hydrogen-bond acceptors (Lipinski definition) is 6. The van der Waals surface area contributed by atoms with Crippen LogP contribution < -0.4 is 0 Å². The average molecular weight is 395 g/mol. The number of benzene rings is 1. The molecule has 2 aliphatic rings. The molecule has 2 aromatic heterocycles. The summed E-state index contributed by atoms with van der Waals surface area (Å²) in [4.78, 5) is 17.8. The van der Waals surface area contributed by atoms with Gasteiger partial charge in [0.2, 0.25) is 9.97 Å². The van der Waals surface area contributed by atoms with Gasteiger partial charge in [0.25, 0.3) is 5.91 Å². The molecule has 0 spiro atoms. The molecule has 144 valence electrons. The van der Waals surface area contributed by atoms with Crippen LogP contribution in [0.15, 0.2) is 36.4 Å². The predicted octanol–water partition coefficient (Wildman–Crippen LogP) is 2.53. The second kappa shape index (κ2) is 7.44. The lowest BCUT2D eigenvalue weighted by Gasteiger charge is -2.33. The Morgan fingerprint density at radius 3 is 2.64 bits per heavy atom. The average Bonchev–Trinajstić information content (AvgIpc) is 3.36. The first-order chi connectivity index (χ1) is 13.8. The number of carbonyl (C=O) groups is 1. The zero-order chi connectivity index (χ0) is 18.9. The molecule has 2 fully saturated rings. The fraction of sp³-hybridized carbons (Fsp3) is 0.400. The molecule has 1 amide bonds. The van der Waals surface area contributed by atoms with Crippen molar-refractivity contribution < 1.29 is 4.79 Å². The molecule has 0 unspecified atom stereocenters. The number of nitrogens with zero attached hydrogens (tertiary/aromatic N) is 6. The van der Waals surface area contributed by atoms with Crippen LogP contribution in [-0.2, 0) is 0 Å². The molecule has 0 atom stereocenters. The minimum absolute atomic E-state index is 0.0109. The van der Waals surface area contributed by atoms with Crippen LogP contribution >= 0.6 is 11.3 Å². The Labute approximate surface area is 167 Å². The number of rotatable bonds is 5. The Balaban J connectivity index is 1.17. The van der Waals surface area contributed by atoms with Crippen LogP contribution in [0.1, 0.15) is 39.9 Å². The first-order valence-corrected chi connectivity index (χ1v) is 10.5.